The normalized spacial score (nSPS) is 10.1. The highest BCUT2D eigenvalue weighted by Gasteiger charge is 2.05. The van der Waals surface area contributed by atoms with Gasteiger partial charge < -0.3 is 10.1 Å². The predicted octanol–water partition coefficient (Wildman–Crippen LogP) is 1.76. The number of anilines is 1. The first-order chi connectivity index (χ1) is 9.69. The molecule has 0 fully saturated rings. The van der Waals surface area contributed by atoms with Crippen LogP contribution in [-0.4, -0.2) is 27.1 Å². The van der Waals surface area contributed by atoms with Crippen LogP contribution in [0.3, 0.4) is 0 Å². The molecule has 102 valence electrons. The summed E-state index contributed by atoms with van der Waals surface area (Å²) in [5, 5.41) is 2.58. The van der Waals surface area contributed by atoms with E-state index in [1.807, 2.05) is 19.1 Å². The molecular weight excluding hydrogens is 256 g/mol. The molecule has 0 unspecified atom stereocenters. The number of nitrogens with one attached hydrogen (secondary N) is 1. The Kier molecular flexibility index (Phi) is 4.49. The van der Waals surface area contributed by atoms with Gasteiger partial charge in [-0.15, -0.1) is 0 Å². The van der Waals surface area contributed by atoms with E-state index in [0.29, 0.717) is 17.8 Å². The second-order valence-corrected chi connectivity index (χ2v) is 4.23. The zero-order valence-corrected chi connectivity index (χ0v) is 11.0. The van der Waals surface area contributed by atoms with E-state index >= 15 is 0 Å². The Hall–Kier alpha value is -2.63. The van der Waals surface area contributed by atoms with Crippen LogP contribution in [0.15, 0.2) is 30.7 Å². The molecule has 0 bridgehead atoms. The maximum absolute atomic E-state index is 11.4. The minimum Gasteiger partial charge on any atom is -0.309 e. The quantitative estimate of drug-likeness (QED) is 0.837. The van der Waals surface area contributed by atoms with Gasteiger partial charge in [0.05, 0.1) is 18.1 Å². The lowest BCUT2D eigenvalue weighted by Gasteiger charge is -2.04. The number of aromatic nitrogens is 3. The number of aryl methyl sites for hydroxylation is 1. The molecule has 0 aromatic carbocycles. The zero-order chi connectivity index (χ0) is 14.4. The number of amides is 1. The van der Waals surface area contributed by atoms with Crippen molar-refractivity contribution in [1.29, 1.82) is 0 Å². The Morgan fingerprint density at radius 1 is 1.20 bits per heavy atom. The van der Waals surface area contributed by atoms with Gasteiger partial charge in [-0.2, -0.15) is 0 Å². The first-order valence-corrected chi connectivity index (χ1v) is 6.17. The van der Waals surface area contributed by atoms with Gasteiger partial charge in [-0.25, -0.2) is 4.98 Å². The van der Waals surface area contributed by atoms with Crippen LogP contribution >= 0.6 is 0 Å². The first-order valence-electron chi connectivity index (χ1n) is 6.17. The van der Waals surface area contributed by atoms with E-state index in [1.54, 1.807) is 12.4 Å². The summed E-state index contributed by atoms with van der Waals surface area (Å²) in [4.78, 5) is 34.1. The topological polar surface area (TPSA) is 84.8 Å². The molecule has 2 aromatic heterocycles. The highest BCUT2D eigenvalue weighted by Crippen LogP contribution is 2.15. The molecule has 1 N–H and O–H groups in total. The zero-order valence-electron chi connectivity index (χ0n) is 11.0. The number of aldehydes is 1. The van der Waals surface area contributed by atoms with Gasteiger partial charge in [-0.1, -0.05) is 0 Å². The monoisotopic (exact) mass is 270 g/mol. The molecule has 0 saturated heterocycles. The molecule has 0 spiro atoms. The van der Waals surface area contributed by atoms with Crippen molar-refractivity contribution in [2.75, 3.05) is 5.32 Å². The molecule has 6 nitrogen and oxygen atoms in total. The van der Waals surface area contributed by atoms with Gasteiger partial charge in [-0.3, -0.25) is 14.8 Å². The summed E-state index contributed by atoms with van der Waals surface area (Å²) in [6.45, 7) is 1.91. The molecular formula is C14H14N4O2. The summed E-state index contributed by atoms with van der Waals surface area (Å²) in [5.74, 6) is 0.112. The number of hydrogen-bond donors (Lipinski definition) is 1. The Morgan fingerprint density at radius 3 is 2.65 bits per heavy atom. The Balaban J connectivity index is 2.04. The number of nitrogens with zero attached hydrogens (tertiary/aromatic N) is 3. The fraction of sp³-hybridized carbons (Fsp3) is 0.214. The van der Waals surface area contributed by atoms with Crippen molar-refractivity contribution in [3.8, 4) is 11.3 Å². The van der Waals surface area contributed by atoms with Crippen molar-refractivity contribution in [2.45, 2.75) is 19.8 Å². The lowest BCUT2D eigenvalue weighted by molar-refractivity contribution is -0.118. The second kappa shape index (κ2) is 6.51. The third-order valence-electron chi connectivity index (χ3n) is 2.62. The highest BCUT2D eigenvalue weighted by molar-refractivity contribution is 5.90. The molecule has 2 heterocycles. The largest absolute Gasteiger partial charge is 0.309 e. The third kappa shape index (κ3) is 3.68. The summed E-state index contributed by atoms with van der Waals surface area (Å²) in [6.07, 6.45) is 5.83. The standard InChI is InChI=1S/C14H14N4O2/c1-10-4-5-11(7-15-10)12-8-17-13(9-16-12)18-14(20)3-2-6-19/h4-9H,2-3H2,1H3,(H,17,18,20). The SMILES string of the molecule is Cc1ccc(-c2cnc(NC(=O)CCC=O)cn2)cn1. The molecule has 0 atom stereocenters. The predicted molar refractivity (Wildman–Crippen MR) is 73.9 cm³/mol. The van der Waals surface area contributed by atoms with Gasteiger partial charge in [0.25, 0.3) is 0 Å². The van der Waals surface area contributed by atoms with E-state index in [1.165, 1.54) is 6.20 Å². The van der Waals surface area contributed by atoms with Crippen LogP contribution in [-0.2, 0) is 9.59 Å². The van der Waals surface area contributed by atoms with E-state index in [-0.39, 0.29) is 18.7 Å². The van der Waals surface area contributed by atoms with Crippen LogP contribution in [0.5, 0.6) is 0 Å². The number of carbonyl (C=O) groups excluding carboxylic acids is 2. The van der Waals surface area contributed by atoms with Crippen LogP contribution in [0.2, 0.25) is 0 Å². The number of pyridine rings is 1. The third-order valence-corrected chi connectivity index (χ3v) is 2.62. The van der Waals surface area contributed by atoms with Crippen molar-refractivity contribution in [3.05, 3.63) is 36.4 Å². The molecule has 0 aliphatic rings. The minimum atomic E-state index is -0.254. The number of hydrogen-bond acceptors (Lipinski definition) is 5. The van der Waals surface area contributed by atoms with Crippen molar-refractivity contribution in [1.82, 2.24) is 15.0 Å². The van der Waals surface area contributed by atoms with Gasteiger partial charge in [0, 0.05) is 30.3 Å². The van der Waals surface area contributed by atoms with E-state index < -0.39 is 0 Å². The Morgan fingerprint density at radius 2 is 2.05 bits per heavy atom. The molecule has 6 heteroatoms. The summed E-state index contributed by atoms with van der Waals surface area (Å²) in [5.41, 5.74) is 2.48. The maximum atomic E-state index is 11.4. The molecule has 0 radical (unpaired) electrons. The number of rotatable bonds is 5. The van der Waals surface area contributed by atoms with Crippen molar-refractivity contribution in [2.24, 2.45) is 0 Å². The average molecular weight is 270 g/mol. The lowest BCUT2D eigenvalue weighted by atomic mass is 10.2. The van der Waals surface area contributed by atoms with E-state index in [9.17, 15) is 9.59 Å². The van der Waals surface area contributed by atoms with Crippen LogP contribution in [0, 0.1) is 6.92 Å². The molecule has 20 heavy (non-hydrogen) atoms. The fourth-order valence-corrected chi connectivity index (χ4v) is 1.56. The van der Waals surface area contributed by atoms with Crippen molar-refractivity contribution in [3.63, 3.8) is 0 Å². The van der Waals surface area contributed by atoms with E-state index in [2.05, 4.69) is 20.3 Å². The number of carbonyl (C=O) groups is 2. The molecule has 1 amide bonds. The van der Waals surface area contributed by atoms with Crippen LogP contribution in [0.4, 0.5) is 5.82 Å². The average Bonchev–Trinajstić information content (AvgIpc) is 2.47. The second-order valence-electron chi connectivity index (χ2n) is 4.23. The van der Waals surface area contributed by atoms with Crippen LogP contribution in [0.25, 0.3) is 11.3 Å². The molecule has 0 aliphatic carbocycles. The van der Waals surface area contributed by atoms with Gasteiger partial charge in [0.2, 0.25) is 5.91 Å². The molecule has 2 rings (SSSR count). The molecule has 0 saturated carbocycles. The van der Waals surface area contributed by atoms with Gasteiger partial charge in [0.1, 0.15) is 6.29 Å². The summed E-state index contributed by atoms with van der Waals surface area (Å²) >= 11 is 0. The summed E-state index contributed by atoms with van der Waals surface area (Å²) in [6, 6.07) is 3.81. The highest BCUT2D eigenvalue weighted by atomic mass is 16.1. The Bertz CT molecular complexity index is 594. The van der Waals surface area contributed by atoms with Crippen molar-refractivity contribution < 1.29 is 9.59 Å². The van der Waals surface area contributed by atoms with Gasteiger partial charge in [-0.05, 0) is 19.1 Å². The maximum Gasteiger partial charge on any atom is 0.225 e. The molecule has 0 aliphatic heterocycles. The Labute approximate surface area is 116 Å². The van der Waals surface area contributed by atoms with E-state index in [0.717, 1.165) is 11.3 Å². The van der Waals surface area contributed by atoms with Gasteiger partial charge >= 0.3 is 0 Å². The summed E-state index contributed by atoms with van der Waals surface area (Å²) in [7, 11) is 0. The minimum absolute atomic E-state index is 0.148. The fourth-order valence-electron chi connectivity index (χ4n) is 1.56. The first kappa shape index (κ1) is 13.8. The lowest BCUT2D eigenvalue weighted by Crippen LogP contribution is -2.12. The summed E-state index contributed by atoms with van der Waals surface area (Å²) < 4.78 is 0. The molecule has 2 aromatic rings. The smallest absolute Gasteiger partial charge is 0.225 e. The van der Waals surface area contributed by atoms with Crippen LogP contribution < -0.4 is 5.32 Å². The van der Waals surface area contributed by atoms with Gasteiger partial charge in [0.15, 0.2) is 5.82 Å². The van der Waals surface area contributed by atoms with E-state index in [4.69, 9.17) is 0 Å². The van der Waals surface area contributed by atoms with Crippen molar-refractivity contribution >= 4 is 18.0 Å². The van der Waals surface area contributed by atoms with Crippen LogP contribution in [0.1, 0.15) is 18.5 Å².